The predicted octanol–water partition coefficient (Wildman–Crippen LogP) is 4.76. The van der Waals surface area contributed by atoms with Crippen molar-refractivity contribution in [2.75, 3.05) is 16.8 Å². The third-order valence-corrected chi connectivity index (χ3v) is 7.02. The summed E-state index contributed by atoms with van der Waals surface area (Å²) in [7, 11) is 0. The number of pyridine rings is 1. The number of rotatable bonds is 6. The molecule has 164 valence electrons. The highest BCUT2D eigenvalue weighted by Crippen LogP contribution is 2.34. The van der Waals surface area contributed by atoms with Gasteiger partial charge in [0.25, 0.3) is 0 Å². The number of benzene rings is 2. The maximum Gasteiger partial charge on any atom is 0.163 e. The fraction of sp³-hybridized carbons (Fsp3) is 0.0800. The number of hydrogen-bond donors (Lipinski definition) is 2. The summed E-state index contributed by atoms with van der Waals surface area (Å²) in [5.74, 6) is 1.16. The second kappa shape index (κ2) is 9.45. The molecule has 0 aliphatic carbocycles. The molecule has 5 rings (SSSR count). The van der Waals surface area contributed by atoms with Crippen molar-refractivity contribution in [2.24, 2.45) is 4.99 Å². The maximum atomic E-state index is 11.1. The number of carbonyl (C=O) groups is 1. The number of aliphatic imine (C=N–C) groups is 1. The van der Waals surface area contributed by atoms with Crippen LogP contribution in [0.4, 0.5) is 11.4 Å². The Hall–Kier alpha value is -3.66. The topological polar surface area (TPSA) is 90.7 Å². The third-order valence-electron chi connectivity index (χ3n) is 5.20. The second-order valence-corrected chi connectivity index (χ2v) is 9.78. The van der Waals surface area contributed by atoms with Gasteiger partial charge in [-0.15, -0.1) is 0 Å². The van der Waals surface area contributed by atoms with E-state index in [1.165, 1.54) is 0 Å². The van der Waals surface area contributed by atoms with Crippen molar-refractivity contribution in [1.82, 2.24) is 4.98 Å². The van der Waals surface area contributed by atoms with E-state index >= 15 is 0 Å². The average molecular weight is 549 g/mol. The van der Waals surface area contributed by atoms with E-state index in [-0.39, 0.29) is 6.61 Å². The SMILES string of the molecule is N=C1COc2ccc(C3=NC(Nc4cccc(C=O)c4)=IC=C3)cc2N1Cc1ccncc1. The Morgan fingerprint density at radius 1 is 1.15 bits per heavy atom. The van der Waals surface area contributed by atoms with Gasteiger partial charge in [0, 0.05) is 35.8 Å². The van der Waals surface area contributed by atoms with E-state index in [0.29, 0.717) is 17.9 Å². The van der Waals surface area contributed by atoms with Crippen LogP contribution in [0.1, 0.15) is 21.5 Å². The van der Waals surface area contributed by atoms with Gasteiger partial charge in [0.05, 0.1) is 11.4 Å². The zero-order chi connectivity index (χ0) is 22.6. The van der Waals surface area contributed by atoms with Gasteiger partial charge >= 0.3 is 0 Å². The molecule has 3 heterocycles. The molecular formula is C25H20IN5O2. The third kappa shape index (κ3) is 4.75. The fourth-order valence-corrected chi connectivity index (χ4v) is 5.30. The van der Waals surface area contributed by atoms with Crippen molar-refractivity contribution in [3.63, 3.8) is 0 Å². The van der Waals surface area contributed by atoms with Crippen LogP contribution in [0.5, 0.6) is 5.75 Å². The summed E-state index contributed by atoms with van der Waals surface area (Å²) in [5, 5.41) is 11.8. The van der Waals surface area contributed by atoms with Crippen molar-refractivity contribution in [1.29, 1.82) is 5.41 Å². The normalized spacial score (nSPS) is 14.9. The number of fused-ring (bicyclic) bond motifs is 1. The molecule has 8 heteroatoms. The smallest absolute Gasteiger partial charge is 0.163 e. The molecule has 0 saturated carbocycles. The lowest BCUT2D eigenvalue weighted by Gasteiger charge is -2.32. The molecule has 0 saturated heterocycles. The molecule has 2 N–H and O–H groups in total. The number of ether oxygens (including phenoxy) is 1. The zero-order valence-electron chi connectivity index (χ0n) is 17.5. The van der Waals surface area contributed by atoms with Gasteiger partial charge < -0.3 is 15.0 Å². The average Bonchev–Trinajstić information content (AvgIpc) is 2.86. The molecule has 0 atom stereocenters. The van der Waals surface area contributed by atoms with E-state index in [1.54, 1.807) is 18.5 Å². The minimum atomic E-state index is -0.397. The molecule has 0 spiro atoms. The lowest BCUT2D eigenvalue weighted by atomic mass is 10.1. The maximum absolute atomic E-state index is 11.1. The quantitative estimate of drug-likeness (QED) is 0.342. The summed E-state index contributed by atoms with van der Waals surface area (Å²) >= 11 is -0.397. The van der Waals surface area contributed by atoms with Gasteiger partial charge in [-0.2, -0.15) is 0 Å². The van der Waals surface area contributed by atoms with Gasteiger partial charge in [0.1, 0.15) is 24.5 Å². The number of nitrogens with one attached hydrogen (secondary N) is 2. The Bertz CT molecular complexity index is 1320. The number of aldehydes is 1. The van der Waals surface area contributed by atoms with Crippen LogP contribution in [-0.2, 0) is 6.54 Å². The number of anilines is 2. The van der Waals surface area contributed by atoms with Crippen molar-refractivity contribution < 1.29 is 9.53 Å². The van der Waals surface area contributed by atoms with Crippen molar-refractivity contribution in [2.45, 2.75) is 6.54 Å². The Morgan fingerprint density at radius 2 is 2.03 bits per heavy atom. The number of allylic oxidation sites excluding steroid dienone is 1. The van der Waals surface area contributed by atoms with Crippen LogP contribution in [0.2, 0.25) is 0 Å². The molecule has 0 radical (unpaired) electrons. The summed E-state index contributed by atoms with van der Waals surface area (Å²) in [6.07, 6.45) is 6.40. The summed E-state index contributed by atoms with van der Waals surface area (Å²) in [6.45, 7) is 0.811. The van der Waals surface area contributed by atoms with Crippen LogP contribution in [0.25, 0.3) is 0 Å². The van der Waals surface area contributed by atoms with Gasteiger partial charge in [-0.1, -0.05) is 12.1 Å². The summed E-state index contributed by atoms with van der Waals surface area (Å²) in [6, 6.07) is 17.2. The summed E-state index contributed by atoms with van der Waals surface area (Å²) in [5.41, 5.74) is 5.20. The van der Waals surface area contributed by atoms with E-state index in [1.807, 2.05) is 59.5 Å². The molecule has 2 aliphatic rings. The molecular weight excluding hydrogens is 529 g/mol. The van der Waals surface area contributed by atoms with E-state index < -0.39 is 20.7 Å². The lowest BCUT2D eigenvalue weighted by Crippen LogP contribution is -2.37. The number of carbonyl (C=O) groups excluding carboxylic acids is 1. The molecule has 0 bridgehead atoms. The molecule has 0 unspecified atom stereocenters. The summed E-state index contributed by atoms with van der Waals surface area (Å²) in [4.78, 5) is 22.0. The van der Waals surface area contributed by atoms with Gasteiger partial charge in [-0.05, 0) is 78.9 Å². The molecule has 7 nitrogen and oxygen atoms in total. The second-order valence-electron chi connectivity index (χ2n) is 7.42. The van der Waals surface area contributed by atoms with Crippen LogP contribution in [0.15, 0.2) is 82.1 Å². The predicted molar refractivity (Wildman–Crippen MR) is 140 cm³/mol. The fourth-order valence-electron chi connectivity index (χ4n) is 3.57. The molecule has 33 heavy (non-hydrogen) atoms. The molecule has 1 aromatic heterocycles. The Morgan fingerprint density at radius 3 is 2.88 bits per heavy atom. The number of amidine groups is 1. The highest BCUT2D eigenvalue weighted by atomic mass is 127. The first-order chi connectivity index (χ1) is 16.2. The van der Waals surface area contributed by atoms with Gasteiger partial charge in [0.2, 0.25) is 0 Å². The first-order valence-electron chi connectivity index (χ1n) is 10.3. The number of hydrogen-bond acceptors (Lipinski definition) is 6. The molecule has 3 aromatic rings. The number of halogens is 1. The van der Waals surface area contributed by atoms with Crippen LogP contribution in [0.3, 0.4) is 0 Å². The van der Waals surface area contributed by atoms with Crippen molar-refractivity contribution in [3.8, 4) is 5.75 Å². The molecule has 0 amide bonds. The van der Waals surface area contributed by atoms with Gasteiger partial charge in [-0.3, -0.25) is 15.2 Å². The van der Waals surface area contributed by atoms with E-state index in [4.69, 9.17) is 15.1 Å². The first kappa shape index (κ1) is 21.2. The summed E-state index contributed by atoms with van der Waals surface area (Å²) < 4.78 is 8.86. The monoisotopic (exact) mass is 549 g/mol. The van der Waals surface area contributed by atoms with Crippen LogP contribution in [-0.4, -0.2) is 33.2 Å². The lowest BCUT2D eigenvalue weighted by molar-refractivity contribution is 0.112. The van der Waals surface area contributed by atoms with Gasteiger partial charge in [-0.25, -0.2) is 4.99 Å². The standard InChI is InChI=1S/C25H20IN5O2/c27-24-16-33-23-5-4-19(13-22(23)31(24)14-17-7-10-28-11-8-17)21-6-9-26-25(30-21)29-20-3-1-2-18(12-20)15-32/h1-13,15,27H,14,16H2,(H,29,30). The Balaban J connectivity index is 1.43. The highest BCUT2D eigenvalue weighted by Gasteiger charge is 2.24. The molecule has 0 fully saturated rings. The Labute approximate surface area is 201 Å². The number of aromatic nitrogens is 1. The largest absolute Gasteiger partial charge is 0.484 e. The Kier molecular flexibility index (Phi) is 6.07. The number of nitrogens with zero attached hydrogens (tertiary/aromatic N) is 3. The van der Waals surface area contributed by atoms with Crippen molar-refractivity contribution >= 4 is 53.7 Å². The van der Waals surface area contributed by atoms with E-state index in [9.17, 15) is 4.79 Å². The minimum absolute atomic E-state index is 0.240. The first-order valence-corrected chi connectivity index (χ1v) is 12.6. The van der Waals surface area contributed by atoms with Crippen LogP contribution < -0.4 is 15.0 Å². The highest BCUT2D eigenvalue weighted by molar-refractivity contribution is 14.2. The van der Waals surface area contributed by atoms with Crippen LogP contribution >= 0.6 is 20.7 Å². The zero-order valence-corrected chi connectivity index (χ0v) is 19.7. The van der Waals surface area contributed by atoms with E-state index in [0.717, 1.165) is 44.0 Å². The van der Waals surface area contributed by atoms with E-state index in [2.05, 4.69) is 14.4 Å². The van der Waals surface area contributed by atoms with Gasteiger partial charge in [0.15, 0.2) is 3.76 Å². The minimum Gasteiger partial charge on any atom is -0.484 e. The molecule has 2 aromatic carbocycles. The van der Waals surface area contributed by atoms with Crippen LogP contribution in [0, 0.1) is 5.41 Å². The van der Waals surface area contributed by atoms with Crippen molar-refractivity contribution in [3.05, 3.63) is 93.8 Å². The molecule has 2 aliphatic heterocycles.